The van der Waals surface area contributed by atoms with Gasteiger partial charge in [0.25, 0.3) is 11.6 Å². The quantitative estimate of drug-likeness (QED) is 0.361. The molecule has 3 aliphatic heterocycles. The monoisotopic (exact) mass is 490 g/mol. The van der Waals surface area contributed by atoms with Crippen LogP contribution in [-0.2, 0) is 20.9 Å². The minimum absolute atomic E-state index is 0.0565. The van der Waals surface area contributed by atoms with E-state index < -0.39 is 10.5 Å². The molecule has 0 bridgehead atoms. The van der Waals surface area contributed by atoms with Gasteiger partial charge in [-0.25, -0.2) is 4.79 Å². The van der Waals surface area contributed by atoms with Gasteiger partial charge in [0.15, 0.2) is 0 Å². The van der Waals surface area contributed by atoms with Gasteiger partial charge in [-0.1, -0.05) is 30.3 Å². The predicted octanol–water partition coefficient (Wildman–Crippen LogP) is 3.15. The molecule has 9 nitrogen and oxygen atoms in total. The summed E-state index contributed by atoms with van der Waals surface area (Å²) in [7, 11) is 0. The predicted molar refractivity (Wildman–Crippen MR) is 134 cm³/mol. The maximum absolute atomic E-state index is 13.7. The number of hydrogen-bond acceptors (Lipinski definition) is 7. The van der Waals surface area contributed by atoms with Gasteiger partial charge in [-0.15, -0.1) is 0 Å². The van der Waals surface area contributed by atoms with Crippen molar-refractivity contribution in [3.63, 3.8) is 0 Å². The molecule has 0 N–H and O–H groups in total. The van der Waals surface area contributed by atoms with Gasteiger partial charge in [0.2, 0.25) is 0 Å². The van der Waals surface area contributed by atoms with Crippen molar-refractivity contribution in [3.05, 3.63) is 81.4 Å². The van der Waals surface area contributed by atoms with Crippen molar-refractivity contribution in [1.29, 1.82) is 0 Å². The topological polar surface area (TPSA) is 96.2 Å². The lowest BCUT2D eigenvalue weighted by Crippen LogP contribution is -2.53. The van der Waals surface area contributed by atoms with Crippen LogP contribution in [0.2, 0.25) is 0 Å². The molecule has 1 spiro atoms. The highest BCUT2D eigenvalue weighted by Gasteiger charge is 2.51. The van der Waals surface area contributed by atoms with E-state index in [1.165, 1.54) is 17.7 Å². The Morgan fingerprint density at radius 1 is 0.972 bits per heavy atom. The van der Waals surface area contributed by atoms with E-state index >= 15 is 0 Å². The number of carbonyl (C=O) groups excluding carboxylic acids is 2. The molecule has 188 valence electrons. The molecular weight excluding hydrogens is 460 g/mol. The summed E-state index contributed by atoms with van der Waals surface area (Å²) in [4.78, 5) is 43.1. The Balaban J connectivity index is 1.24. The van der Waals surface area contributed by atoms with Gasteiger partial charge in [-0.2, -0.15) is 0 Å². The summed E-state index contributed by atoms with van der Waals surface area (Å²) in [6.45, 7) is 6.29. The summed E-state index contributed by atoms with van der Waals surface area (Å²) in [5.41, 5.74) is 2.29. The lowest BCUT2D eigenvalue weighted by atomic mass is 9.82. The molecule has 2 aromatic rings. The Bertz CT molecular complexity index is 1180. The summed E-state index contributed by atoms with van der Waals surface area (Å²) in [6.07, 6.45) is 1.21. The molecule has 0 aromatic heterocycles. The van der Waals surface area contributed by atoms with Gasteiger partial charge in [0, 0.05) is 82.0 Å². The SMILES string of the molecule is CC1=C(C(=O)N2CCN(c3ccc([N+](=O)[O-])cc3)CC2)C2(CCN(Cc3ccccc3)CC2)OC1=O. The highest BCUT2D eigenvalue weighted by atomic mass is 16.6. The zero-order valence-electron chi connectivity index (χ0n) is 20.4. The number of non-ortho nitro benzene ring substituents is 1. The number of esters is 1. The average molecular weight is 491 g/mol. The summed E-state index contributed by atoms with van der Waals surface area (Å²) in [5, 5.41) is 10.9. The molecule has 2 aromatic carbocycles. The summed E-state index contributed by atoms with van der Waals surface area (Å²) in [5.74, 6) is -0.502. The number of benzene rings is 2. The number of nitro benzene ring substituents is 1. The molecule has 5 rings (SSSR count). The second kappa shape index (κ2) is 9.73. The third-order valence-corrected chi connectivity index (χ3v) is 7.54. The first-order chi connectivity index (χ1) is 17.4. The van der Waals surface area contributed by atoms with Crippen LogP contribution in [0.25, 0.3) is 0 Å². The van der Waals surface area contributed by atoms with Gasteiger partial charge in [0.05, 0.1) is 10.5 Å². The number of likely N-dealkylation sites (tertiary alicyclic amines) is 1. The van der Waals surface area contributed by atoms with Crippen LogP contribution in [0.3, 0.4) is 0 Å². The van der Waals surface area contributed by atoms with Crippen LogP contribution in [0.15, 0.2) is 65.7 Å². The Morgan fingerprint density at radius 3 is 2.22 bits per heavy atom. The highest BCUT2D eigenvalue weighted by Crippen LogP contribution is 2.42. The van der Waals surface area contributed by atoms with Gasteiger partial charge >= 0.3 is 5.97 Å². The Labute approximate surface area is 210 Å². The van der Waals surface area contributed by atoms with Crippen molar-refractivity contribution in [1.82, 2.24) is 9.80 Å². The number of piperazine rings is 1. The van der Waals surface area contributed by atoms with E-state index in [9.17, 15) is 19.7 Å². The zero-order valence-corrected chi connectivity index (χ0v) is 20.4. The van der Waals surface area contributed by atoms with E-state index in [0.717, 1.165) is 25.3 Å². The first-order valence-corrected chi connectivity index (χ1v) is 12.4. The van der Waals surface area contributed by atoms with Crippen LogP contribution < -0.4 is 4.90 Å². The molecule has 36 heavy (non-hydrogen) atoms. The van der Waals surface area contributed by atoms with Crippen LogP contribution in [0.4, 0.5) is 11.4 Å². The van der Waals surface area contributed by atoms with Gasteiger partial charge in [-0.05, 0) is 24.6 Å². The molecule has 1 amide bonds. The first-order valence-electron chi connectivity index (χ1n) is 12.4. The summed E-state index contributed by atoms with van der Waals surface area (Å²) >= 11 is 0. The average Bonchev–Trinajstić information content (AvgIpc) is 3.14. The van der Waals surface area contributed by atoms with Crippen molar-refractivity contribution >= 4 is 23.3 Å². The largest absolute Gasteiger partial charge is 0.450 e. The molecular formula is C27H30N4O5. The van der Waals surface area contributed by atoms with E-state index in [-0.39, 0.29) is 17.6 Å². The summed E-state index contributed by atoms with van der Waals surface area (Å²) < 4.78 is 5.89. The molecule has 0 saturated carbocycles. The smallest absolute Gasteiger partial charge is 0.335 e. The second-order valence-electron chi connectivity index (χ2n) is 9.70. The van der Waals surface area contributed by atoms with Crippen molar-refractivity contribution < 1.29 is 19.2 Å². The summed E-state index contributed by atoms with van der Waals surface area (Å²) in [6, 6.07) is 16.8. The number of amides is 1. The normalized spacial score (nSPS) is 20.1. The fourth-order valence-corrected chi connectivity index (χ4v) is 5.48. The molecule has 3 heterocycles. The maximum Gasteiger partial charge on any atom is 0.335 e. The molecule has 0 radical (unpaired) electrons. The number of carbonyl (C=O) groups is 2. The van der Waals surface area contributed by atoms with E-state index in [4.69, 9.17) is 4.74 Å². The Kier molecular flexibility index (Phi) is 6.49. The van der Waals surface area contributed by atoms with E-state index in [1.807, 2.05) is 18.2 Å². The van der Waals surface area contributed by atoms with Crippen molar-refractivity contribution in [2.75, 3.05) is 44.2 Å². The second-order valence-corrected chi connectivity index (χ2v) is 9.70. The third-order valence-electron chi connectivity index (χ3n) is 7.54. The van der Waals surface area contributed by atoms with Crippen molar-refractivity contribution in [2.24, 2.45) is 0 Å². The Morgan fingerprint density at radius 2 is 1.61 bits per heavy atom. The van der Waals surface area contributed by atoms with Crippen LogP contribution in [0, 0.1) is 10.1 Å². The number of nitrogens with zero attached hydrogens (tertiary/aromatic N) is 4. The number of piperidine rings is 1. The fourth-order valence-electron chi connectivity index (χ4n) is 5.48. The van der Waals surface area contributed by atoms with Crippen molar-refractivity contribution in [2.45, 2.75) is 31.9 Å². The fraction of sp³-hybridized carbons (Fsp3) is 0.407. The number of nitro groups is 1. The minimum atomic E-state index is -0.846. The molecule has 2 fully saturated rings. The van der Waals surface area contributed by atoms with Gasteiger partial charge in [0.1, 0.15) is 5.60 Å². The van der Waals surface area contributed by atoms with E-state index in [0.29, 0.717) is 50.2 Å². The maximum atomic E-state index is 13.7. The van der Waals surface area contributed by atoms with Gasteiger partial charge in [-0.3, -0.25) is 19.8 Å². The third kappa shape index (κ3) is 4.58. The van der Waals surface area contributed by atoms with Crippen LogP contribution in [-0.4, -0.2) is 71.5 Å². The van der Waals surface area contributed by atoms with Gasteiger partial charge < -0.3 is 14.5 Å². The highest BCUT2D eigenvalue weighted by molar-refractivity contribution is 6.07. The minimum Gasteiger partial charge on any atom is -0.450 e. The van der Waals surface area contributed by atoms with Crippen molar-refractivity contribution in [3.8, 4) is 0 Å². The number of ether oxygens (including phenoxy) is 1. The number of hydrogen-bond donors (Lipinski definition) is 0. The lowest BCUT2D eigenvalue weighted by molar-refractivity contribution is -0.384. The molecule has 3 aliphatic rings. The number of anilines is 1. The molecule has 9 heteroatoms. The van der Waals surface area contributed by atoms with Crippen LogP contribution in [0.1, 0.15) is 25.3 Å². The first kappa shape index (κ1) is 24.0. The standard InChI is InChI=1S/C27H30N4O5/c1-20-24(25(32)30-17-15-29(16-18-30)22-7-9-23(10-8-22)31(34)35)27(36-26(20)33)11-13-28(14-12-27)19-21-5-3-2-4-6-21/h2-10H,11-19H2,1H3. The van der Waals surface area contributed by atoms with E-state index in [1.54, 1.807) is 24.0 Å². The molecule has 2 saturated heterocycles. The number of rotatable bonds is 5. The molecule has 0 unspecified atom stereocenters. The zero-order chi connectivity index (χ0) is 25.3. The van der Waals surface area contributed by atoms with E-state index in [2.05, 4.69) is 21.9 Å². The molecule has 0 atom stereocenters. The van der Waals surface area contributed by atoms with Crippen LogP contribution in [0.5, 0.6) is 0 Å². The lowest BCUT2D eigenvalue weighted by Gasteiger charge is -2.41. The Hall–Kier alpha value is -3.72. The van der Waals surface area contributed by atoms with Crippen LogP contribution >= 0.6 is 0 Å². The molecule has 0 aliphatic carbocycles.